The third-order valence-electron chi connectivity index (χ3n) is 3.05. The molecule has 0 N–H and O–H groups in total. The van der Waals surface area contributed by atoms with Gasteiger partial charge in [0, 0.05) is 4.83 Å². The van der Waals surface area contributed by atoms with Gasteiger partial charge in [0.15, 0.2) is 0 Å². The minimum absolute atomic E-state index is 0.115. The first-order chi connectivity index (χ1) is 9.07. The van der Waals surface area contributed by atoms with Crippen molar-refractivity contribution in [2.75, 3.05) is 13.2 Å². The van der Waals surface area contributed by atoms with Crippen molar-refractivity contribution in [1.29, 1.82) is 0 Å². The van der Waals surface area contributed by atoms with E-state index in [0.29, 0.717) is 19.6 Å². The highest BCUT2D eigenvalue weighted by Crippen LogP contribution is 2.57. The minimum Gasteiger partial charge on any atom is -0.309 e. The molecule has 5 heteroatoms. The highest BCUT2D eigenvalue weighted by molar-refractivity contribution is 9.09. The molecule has 0 amide bonds. The van der Waals surface area contributed by atoms with Gasteiger partial charge in [-0.15, -0.1) is 0 Å². The average molecular weight is 351 g/mol. The normalized spacial score (nSPS) is 26.6. The van der Waals surface area contributed by atoms with Gasteiger partial charge in [0.05, 0.1) is 18.9 Å². The monoisotopic (exact) mass is 350 g/mol. The van der Waals surface area contributed by atoms with E-state index in [-0.39, 0.29) is 10.5 Å². The van der Waals surface area contributed by atoms with E-state index in [9.17, 15) is 4.57 Å². The zero-order chi connectivity index (χ0) is 14.3. The van der Waals surface area contributed by atoms with Crippen molar-refractivity contribution >= 4 is 23.5 Å². The van der Waals surface area contributed by atoms with Crippen LogP contribution in [0.4, 0.5) is 0 Å². The molecule has 0 aliphatic heterocycles. The van der Waals surface area contributed by atoms with E-state index in [4.69, 9.17) is 9.05 Å². The Morgan fingerprint density at radius 1 is 1.37 bits per heavy atom. The molecule has 0 radical (unpaired) electrons. The molecule has 0 saturated carbocycles. The maximum Gasteiger partial charge on any atom is 0.335 e. The van der Waals surface area contributed by atoms with E-state index in [1.807, 2.05) is 13.8 Å². The van der Waals surface area contributed by atoms with Crippen molar-refractivity contribution in [1.82, 2.24) is 0 Å². The van der Waals surface area contributed by atoms with Crippen LogP contribution >= 0.6 is 23.5 Å². The van der Waals surface area contributed by atoms with Crippen molar-refractivity contribution in [3.8, 4) is 0 Å². The van der Waals surface area contributed by atoms with Crippen LogP contribution in [0.1, 0.15) is 40.0 Å². The van der Waals surface area contributed by atoms with Gasteiger partial charge in [-0.3, -0.25) is 4.57 Å². The Balaban J connectivity index is 2.90. The zero-order valence-corrected chi connectivity index (χ0v) is 14.5. The molecule has 3 nitrogen and oxygen atoms in total. The molecule has 0 aromatic heterocycles. The second-order valence-corrected chi connectivity index (χ2v) is 7.92. The molecule has 0 bridgehead atoms. The van der Waals surface area contributed by atoms with Crippen LogP contribution in [-0.4, -0.2) is 23.7 Å². The summed E-state index contributed by atoms with van der Waals surface area (Å²) in [4.78, 5) is 0.115. The summed E-state index contributed by atoms with van der Waals surface area (Å²) in [5.74, 6) is 0. The molecule has 0 heterocycles. The van der Waals surface area contributed by atoms with Gasteiger partial charge in [-0.25, -0.2) is 0 Å². The molecule has 0 spiro atoms. The molecule has 0 saturated heterocycles. The lowest BCUT2D eigenvalue weighted by atomic mass is 10.1. The fourth-order valence-corrected chi connectivity index (χ4v) is 5.78. The fourth-order valence-electron chi connectivity index (χ4n) is 2.27. The van der Waals surface area contributed by atoms with E-state index in [0.717, 1.165) is 12.8 Å². The number of alkyl halides is 1. The molecular formula is C14H24BrO3P. The van der Waals surface area contributed by atoms with Crippen LogP contribution in [-0.2, 0) is 13.6 Å². The number of rotatable bonds is 6. The van der Waals surface area contributed by atoms with E-state index in [1.54, 1.807) is 0 Å². The highest BCUT2D eigenvalue weighted by Gasteiger charge is 2.40. The summed E-state index contributed by atoms with van der Waals surface area (Å²) < 4.78 is 23.8. The predicted molar refractivity (Wildman–Crippen MR) is 84.1 cm³/mol. The summed E-state index contributed by atoms with van der Waals surface area (Å²) in [6.07, 6.45) is 9.00. The lowest BCUT2D eigenvalue weighted by molar-refractivity contribution is 0.211. The SMILES string of the molecule is CC/C=C1/C=CC[C@@H](P(=O)(OCC)OCC)C(Br)C1. The standard InChI is InChI=1S/C14H24BrO3P/c1-4-8-12-9-7-10-14(13(15)11-12)19(16,17-5-2)18-6-3/h7-9,13-14H,4-6,10-11H2,1-3H3/b12-8-/t13?,14-/m1/s1. The number of allylic oxidation sites excluding steroid dienone is 4. The third-order valence-corrected chi connectivity index (χ3v) is 7.04. The molecule has 2 atom stereocenters. The molecule has 19 heavy (non-hydrogen) atoms. The average Bonchev–Trinajstić information content (AvgIpc) is 2.52. The van der Waals surface area contributed by atoms with Gasteiger partial charge >= 0.3 is 7.60 Å². The predicted octanol–water partition coefficient (Wildman–Crippen LogP) is 5.07. The van der Waals surface area contributed by atoms with Gasteiger partial charge in [0.1, 0.15) is 0 Å². The molecule has 1 aliphatic carbocycles. The lowest BCUT2D eigenvalue weighted by Crippen LogP contribution is -2.22. The fraction of sp³-hybridized carbons (Fsp3) is 0.714. The van der Waals surface area contributed by atoms with E-state index in [2.05, 4.69) is 41.1 Å². The quantitative estimate of drug-likeness (QED) is 0.495. The summed E-state index contributed by atoms with van der Waals surface area (Å²) in [6, 6.07) is 0. The summed E-state index contributed by atoms with van der Waals surface area (Å²) >= 11 is 3.68. The number of hydrogen-bond donors (Lipinski definition) is 0. The van der Waals surface area contributed by atoms with E-state index in [1.165, 1.54) is 5.57 Å². The third kappa shape index (κ3) is 4.86. The molecule has 0 fully saturated rings. The van der Waals surface area contributed by atoms with Crippen molar-refractivity contribution in [3.63, 3.8) is 0 Å². The summed E-state index contributed by atoms with van der Waals surface area (Å²) in [5.41, 5.74) is 1.16. The summed E-state index contributed by atoms with van der Waals surface area (Å²) in [5, 5.41) is 0. The van der Waals surface area contributed by atoms with Gasteiger partial charge in [-0.05, 0) is 33.1 Å². The Morgan fingerprint density at radius 2 is 2.00 bits per heavy atom. The lowest BCUT2D eigenvalue weighted by Gasteiger charge is -2.28. The maximum atomic E-state index is 12.9. The Hall–Kier alpha value is 0.110. The zero-order valence-electron chi connectivity index (χ0n) is 12.0. The van der Waals surface area contributed by atoms with Crippen molar-refractivity contribution in [2.45, 2.75) is 50.5 Å². The molecule has 0 aromatic carbocycles. The molecule has 110 valence electrons. The van der Waals surface area contributed by atoms with E-state index < -0.39 is 7.60 Å². The van der Waals surface area contributed by atoms with Crippen LogP contribution in [0.25, 0.3) is 0 Å². The van der Waals surface area contributed by atoms with Gasteiger partial charge in [-0.1, -0.05) is 46.7 Å². The Bertz CT molecular complexity index is 369. The van der Waals surface area contributed by atoms with Crippen LogP contribution in [0.3, 0.4) is 0 Å². The van der Waals surface area contributed by atoms with Gasteiger partial charge in [0.25, 0.3) is 0 Å². The maximum absolute atomic E-state index is 12.9. The molecule has 1 rings (SSSR count). The summed E-state index contributed by atoms with van der Waals surface area (Å²) in [6.45, 7) is 6.65. The van der Waals surface area contributed by atoms with Gasteiger partial charge in [-0.2, -0.15) is 0 Å². The Kier molecular flexibility index (Phi) is 7.60. The van der Waals surface area contributed by atoms with Crippen LogP contribution in [0.15, 0.2) is 23.8 Å². The molecule has 1 unspecified atom stereocenters. The van der Waals surface area contributed by atoms with E-state index >= 15 is 0 Å². The van der Waals surface area contributed by atoms with Crippen molar-refractivity contribution in [2.24, 2.45) is 0 Å². The summed E-state index contributed by atoms with van der Waals surface area (Å²) in [7, 11) is -3.05. The first-order valence-corrected chi connectivity index (χ1v) is 9.48. The molecule has 1 aliphatic rings. The Morgan fingerprint density at radius 3 is 2.53 bits per heavy atom. The Labute approximate surface area is 125 Å². The molecule has 0 aromatic rings. The largest absolute Gasteiger partial charge is 0.335 e. The van der Waals surface area contributed by atoms with Crippen LogP contribution in [0, 0.1) is 0 Å². The second kappa shape index (κ2) is 8.41. The first kappa shape index (κ1) is 17.2. The van der Waals surface area contributed by atoms with Crippen LogP contribution in [0.5, 0.6) is 0 Å². The highest BCUT2D eigenvalue weighted by atomic mass is 79.9. The molecular weight excluding hydrogens is 327 g/mol. The second-order valence-electron chi connectivity index (χ2n) is 4.49. The minimum atomic E-state index is -3.05. The smallest absolute Gasteiger partial charge is 0.309 e. The number of hydrogen-bond acceptors (Lipinski definition) is 3. The first-order valence-electron chi connectivity index (χ1n) is 6.95. The van der Waals surface area contributed by atoms with Crippen LogP contribution in [0.2, 0.25) is 0 Å². The number of halogens is 1. The van der Waals surface area contributed by atoms with Crippen molar-refractivity contribution in [3.05, 3.63) is 23.8 Å². The van der Waals surface area contributed by atoms with Gasteiger partial charge < -0.3 is 9.05 Å². The van der Waals surface area contributed by atoms with Gasteiger partial charge in [0.2, 0.25) is 0 Å². The topological polar surface area (TPSA) is 35.5 Å². The van der Waals surface area contributed by atoms with Crippen LogP contribution < -0.4 is 0 Å². The van der Waals surface area contributed by atoms with Crippen molar-refractivity contribution < 1.29 is 13.6 Å².